The van der Waals surface area contributed by atoms with Gasteiger partial charge in [-0.1, -0.05) is 23.7 Å². The molecule has 1 heterocycles. The number of carbonyl (C=O) groups is 1. The number of nitrogens with zero attached hydrogens (tertiary/aromatic N) is 1. The fourth-order valence-corrected chi connectivity index (χ4v) is 3.69. The standard InChI is InChI=1S/C26H24ClN3O4/c1-33-22-10-3-17(4-11-22)15-30(26(32)28-21-8-6-20(27)7-9-21)16-19-13-18-5-12-23(34-2)14-24(18)29-25(19)31/h3-14H,15-16H2,1-2H3,(H,28,32)(H,29,31). The van der Waals surface area contributed by atoms with Crippen molar-refractivity contribution in [2.75, 3.05) is 19.5 Å². The smallest absolute Gasteiger partial charge is 0.322 e. The van der Waals surface area contributed by atoms with Crippen molar-refractivity contribution in [3.8, 4) is 11.5 Å². The molecule has 2 amide bonds. The summed E-state index contributed by atoms with van der Waals surface area (Å²) < 4.78 is 10.5. The third-order valence-electron chi connectivity index (χ3n) is 5.41. The summed E-state index contributed by atoms with van der Waals surface area (Å²) in [6.07, 6.45) is 0. The molecule has 0 atom stereocenters. The van der Waals surface area contributed by atoms with Gasteiger partial charge in [0.1, 0.15) is 11.5 Å². The maximum absolute atomic E-state index is 13.2. The lowest BCUT2D eigenvalue weighted by atomic mass is 10.1. The number of halogens is 1. The first kappa shape index (κ1) is 23.2. The second-order valence-corrected chi connectivity index (χ2v) is 8.15. The lowest BCUT2D eigenvalue weighted by molar-refractivity contribution is 0.206. The van der Waals surface area contributed by atoms with Crippen LogP contribution in [0.3, 0.4) is 0 Å². The summed E-state index contributed by atoms with van der Waals surface area (Å²) >= 11 is 5.95. The predicted octanol–water partition coefficient (Wildman–Crippen LogP) is 5.43. The molecule has 8 heteroatoms. The topological polar surface area (TPSA) is 83.7 Å². The summed E-state index contributed by atoms with van der Waals surface area (Å²) in [4.78, 5) is 30.5. The van der Waals surface area contributed by atoms with Gasteiger partial charge in [0.05, 0.1) is 26.3 Å². The number of aromatic nitrogens is 1. The predicted molar refractivity (Wildman–Crippen MR) is 134 cm³/mol. The van der Waals surface area contributed by atoms with Gasteiger partial charge in [0.25, 0.3) is 5.56 Å². The van der Waals surface area contributed by atoms with Crippen LogP contribution in [0.5, 0.6) is 11.5 Å². The van der Waals surface area contributed by atoms with E-state index in [9.17, 15) is 9.59 Å². The van der Waals surface area contributed by atoms with Crippen molar-refractivity contribution in [3.63, 3.8) is 0 Å². The number of hydrogen-bond acceptors (Lipinski definition) is 4. The summed E-state index contributed by atoms with van der Waals surface area (Å²) in [6, 6.07) is 21.2. The molecule has 0 spiro atoms. The molecule has 0 saturated carbocycles. The number of anilines is 1. The van der Waals surface area contributed by atoms with Crippen LogP contribution in [0.1, 0.15) is 11.1 Å². The van der Waals surface area contributed by atoms with Crippen molar-refractivity contribution in [2.45, 2.75) is 13.1 Å². The Morgan fingerprint density at radius 1 is 0.912 bits per heavy atom. The quantitative estimate of drug-likeness (QED) is 0.371. The average molecular weight is 478 g/mol. The minimum absolute atomic E-state index is 0.114. The van der Waals surface area contributed by atoms with Crippen LogP contribution in [0.4, 0.5) is 10.5 Å². The Morgan fingerprint density at radius 2 is 1.59 bits per heavy atom. The summed E-state index contributed by atoms with van der Waals surface area (Å²) in [6.45, 7) is 0.409. The number of ether oxygens (including phenoxy) is 2. The van der Waals surface area contributed by atoms with Crippen molar-refractivity contribution in [1.82, 2.24) is 9.88 Å². The fourth-order valence-electron chi connectivity index (χ4n) is 3.56. The minimum Gasteiger partial charge on any atom is -0.497 e. The van der Waals surface area contributed by atoms with E-state index in [1.807, 2.05) is 36.4 Å². The highest BCUT2D eigenvalue weighted by molar-refractivity contribution is 6.30. The Morgan fingerprint density at radius 3 is 2.26 bits per heavy atom. The number of aromatic amines is 1. The molecular weight excluding hydrogens is 454 g/mol. The van der Waals surface area contributed by atoms with E-state index in [-0.39, 0.29) is 18.1 Å². The van der Waals surface area contributed by atoms with E-state index in [1.54, 1.807) is 55.5 Å². The van der Waals surface area contributed by atoms with Gasteiger partial charge in [0.2, 0.25) is 0 Å². The van der Waals surface area contributed by atoms with Gasteiger partial charge in [-0.3, -0.25) is 4.79 Å². The molecule has 2 N–H and O–H groups in total. The van der Waals surface area contributed by atoms with Gasteiger partial charge in [-0.05, 0) is 65.5 Å². The molecule has 1 aromatic heterocycles. The van der Waals surface area contributed by atoms with Gasteiger partial charge in [-0.2, -0.15) is 0 Å². The molecule has 0 aliphatic rings. The van der Waals surface area contributed by atoms with Gasteiger partial charge in [0, 0.05) is 28.9 Å². The molecule has 0 unspecified atom stereocenters. The monoisotopic (exact) mass is 477 g/mol. The van der Waals surface area contributed by atoms with E-state index in [2.05, 4.69) is 10.3 Å². The first-order valence-corrected chi connectivity index (χ1v) is 11.0. The van der Waals surface area contributed by atoms with E-state index < -0.39 is 0 Å². The van der Waals surface area contributed by atoms with Crippen LogP contribution in [0.15, 0.2) is 77.6 Å². The zero-order chi connectivity index (χ0) is 24.1. The molecule has 34 heavy (non-hydrogen) atoms. The normalized spacial score (nSPS) is 10.7. The van der Waals surface area contributed by atoms with Crippen LogP contribution in [0, 0.1) is 0 Å². The first-order chi connectivity index (χ1) is 16.4. The van der Waals surface area contributed by atoms with E-state index in [1.165, 1.54) is 0 Å². The molecular formula is C26H24ClN3O4. The highest BCUT2D eigenvalue weighted by Gasteiger charge is 2.17. The van der Waals surface area contributed by atoms with Crippen molar-refractivity contribution in [2.24, 2.45) is 0 Å². The van der Waals surface area contributed by atoms with Gasteiger partial charge >= 0.3 is 6.03 Å². The second kappa shape index (κ2) is 10.3. The highest BCUT2D eigenvalue weighted by atomic mass is 35.5. The van der Waals surface area contributed by atoms with Crippen molar-refractivity contribution in [1.29, 1.82) is 0 Å². The number of nitrogens with one attached hydrogen (secondary N) is 2. The third kappa shape index (κ3) is 5.50. The third-order valence-corrected chi connectivity index (χ3v) is 5.66. The molecule has 0 aliphatic heterocycles. The number of urea groups is 1. The fraction of sp³-hybridized carbons (Fsp3) is 0.154. The largest absolute Gasteiger partial charge is 0.497 e. The number of pyridine rings is 1. The number of carbonyl (C=O) groups excluding carboxylic acids is 1. The maximum atomic E-state index is 13.2. The Balaban J connectivity index is 1.63. The molecule has 174 valence electrons. The summed E-state index contributed by atoms with van der Waals surface area (Å²) in [5.41, 5.74) is 2.38. The number of methoxy groups -OCH3 is 2. The van der Waals surface area contributed by atoms with E-state index >= 15 is 0 Å². The van der Waals surface area contributed by atoms with E-state index in [0.29, 0.717) is 34.1 Å². The Kier molecular flexibility index (Phi) is 7.04. The number of benzene rings is 3. The van der Waals surface area contributed by atoms with Crippen LogP contribution in [0.2, 0.25) is 5.02 Å². The number of fused-ring (bicyclic) bond motifs is 1. The van der Waals surface area contributed by atoms with Gasteiger partial charge < -0.3 is 24.7 Å². The van der Waals surface area contributed by atoms with Gasteiger partial charge in [-0.25, -0.2) is 4.79 Å². The van der Waals surface area contributed by atoms with Crippen molar-refractivity contribution in [3.05, 3.63) is 99.3 Å². The summed E-state index contributed by atoms with van der Waals surface area (Å²) in [5.74, 6) is 1.38. The number of rotatable bonds is 7. The first-order valence-electron chi connectivity index (χ1n) is 10.6. The van der Waals surface area contributed by atoms with Crippen LogP contribution >= 0.6 is 11.6 Å². The summed E-state index contributed by atoms with van der Waals surface area (Å²) in [7, 11) is 3.17. The molecule has 7 nitrogen and oxygen atoms in total. The van der Waals surface area contributed by atoms with Crippen LogP contribution in [-0.4, -0.2) is 30.1 Å². The number of hydrogen-bond donors (Lipinski definition) is 2. The van der Waals surface area contributed by atoms with E-state index in [4.69, 9.17) is 21.1 Å². The number of H-pyrrole nitrogens is 1. The highest BCUT2D eigenvalue weighted by Crippen LogP contribution is 2.21. The van der Waals surface area contributed by atoms with Gasteiger partial charge in [0.15, 0.2) is 0 Å². The van der Waals surface area contributed by atoms with Crippen molar-refractivity contribution < 1.29 is 14.3 Å². The zero-order valence-electron chi connectivity index (χ0n) is 18.8. The zero-order valence-corrected chi connectivity index (χ0v) is 19.6. The molecule has 0 saturated heterocycles. The maximum Gasteiger partial charge on any atom is 0.322 e. The molecule has 0 bridgehead atoms. The van der Waals surface area contributed by atoms with Crippen molar-refractivity contribution >= 4 is 34.2 Å². The molecule has 0 fully saturated rings. The van der Waals surface area contributed by atoms with Crippen LogP contribution in [-0.2, 0) is 13.1 Å². The van der Waals surface area contributed by atoms with E-state index in [0.717, 1.165) is 16.7 Å². The lowest BCUT2D eigenvalue weighted by Crippen LogP contribution is -2.35. The van der Waals surface area contributed by atoms with Gasteiger partial charge in [-0.15, -0.1) is 0 Å². The van der Waals surface area contributed by atoms with Crippen LogP contribution in [0.25, 0.3) is 10.9 Å². The lowest BCUT2D eigenvalue weighted by Gasteiger charge is -2.23. The Labute approximate surface area is 201 Å². The van der Waals surface area contributed by atoms with Crippen LogP contribution < -0.4 is 20.3 Å². The Bertz CT molecular complexity index is 1350. The number of amides is 2. The average Bonchev–Trinajstić information content (AvgIpc) is 2.85. The molecule has 4 rings (SSSR count). The summed E-state index contributed by atoms with van der Waals surface area (Å²) in [5, 5.41) is 4.30. The SMILES string of the molecule is COc1ccc(CN(Cc2cc3ccc(OC)cc3[nH]c2=O)C(=O)Nc2ccc(Cl)cc2)cc1. The minimum atomic E-state index is -0.340. The molecule has 3 aromatic carbocycles. The second-order valence-electron chi connectivity index (χ2n) is 7.72. The Hall–Kier alpha value is -3.97. The molecule has 4 aromatic rings. The molecule has 0 aliphatic carbocycles. The molecule has 0 radical (unpaired) electrons.